The highest BCUT2D eigenvalue weighted by molar-refractivity contribution is 6.02. The van der Waals surface area contributed by atoms with Crippen molar-refractivity contribution in [3.63, 3.8) is 0 Å². The number of nitrogens with one attached hydrogen (secondary N) is 3. The lowest BCUT2D eigenvalue weighted by molar-refractivity contribution is 0.255. The molecule has 0 spiro atoms. The minimum atomic E-state index is -0.418. The molecule has 5 nitrogen and oxygen atoms in total. The highest BCUT2D eigenvalue weighted by atomic mass is 35.5. The number of aryl methyl sites for hydroxylation is 2. The molecule has 7 heteroatoms. The fourth-order valence-electron chi connectivity index (χ4n) is 1.64. The number of carbonyl (C=O) groups excluding carboxylic acids is 1. The largest absolute Gasteiger partial charge is 0.342 e. The maximum atomic E-state index is 11.8. The van der Waals surface area contributed by atoms with E-state index in [2.05, 4.69) is 17.2 Å². The molecule has 0 saturated heterocycles. The van der Waals surface area contributed by atoms with E-state index in [-0.39, 0.29) is 30.8 Å². The Morgan fingerprint density at radius 3 is 2.33 bits per heavy atom. The van der Waals surface area contributed by atoms with Gasteiger partial charge in [0.25, 0.3) is 0 Å². The molecule has 0 unspecified atom stereocenters. The zero-order chi connectivity index (χ0) is 14.4. The predicted molar refractivity (Wildman–Crippen MR) is 93.1 cm³/mol. The number of nitrogens with zero attached hydrogens (tertiary/aromatic N) is 1. The van der Waals surface area contributed by atoms with Crippen molar-refractivity contribution in [2.24, 2.45) is 0 Å². The minimum Gasteiger partial charge on any atom is -0.342 e. The molecular weight excluding hydrogens is 311 g/mol. The number of benzene rings is 1. The van der Waals surface area contributed by atoms with Crippen LogP contribution in [0.3, 0.4) is 0 Å². The van der Waals surface area contributed by atoms with E-state index >= 15 is 0 Å². The van der Waals surface area contributed by atoms with Gasteiger partial charge in [0.2, 0.25) is 0 Å². The van der Waals surface area contributed by atoms with Crippen LogP contribution in [-0.4, -0.2) is 30.5 Å². The first-order valence-electron chi connectivity index (χ1n) is 6.00. The van der Waals surface area contributed by atoms with Gasteiger partial charge in [-0.2, -0.15) is 0 Å². The maximum absolute atomic E-state index is 11.8. The van der Waals surface area contributed by atoms with Gasteiger partial charge in [0.15, 0.2) is 5.96 Å². The van der Waals surface area contributed by atoms with Gasteiger partial charge in [-0.25, -0.2) is 4.79 Å². The normalized spacial score (nSPS) is 8.71. The molecule has 0 saturated carbocycles. The number of rotatable bonds is 3. The molecule has 3 N–H and O–H groups in total. The first-order chi connectivity index (χ1) is 8.95. The lowest BCUT2D eigenvalue weighted by Crippen LogP contribution is -2.43. The SMILES string of the molecule is C=CCN(C)C(=N)NC(=O)Nc1c(C)cccc1C.Cl.Cl. The van der Waals surface area contributed by atoms with E-state index < -0.39 is 6.03 Å². The van der Waals surface area contributed by atoms with Gasteiger partial charge in [0.1, 0.15) is 0 Å². The van der Waals surface area contributed by atoms with E-state index in [4.69, 9.17) is 5.41 Å². The van der Waals surface area contributed by atoms with Crippen molar-refractivity contribution in [2.45, 2.75) is 13.8 Å². The van der Waals surface area contributed by atoms with Crippen LogP contribution in [0, 0.1) is 19.3 Å². The first kappa shape index (κ1) is 21.6. The van der Waals surface area contributed by atoms with E-state index in [1.165, 1.54) is 0 Å². The summed E-state index contributed by atoms with van der Waals surface area (Å²) in [4.78, 5) is 13.4. The summed E-state index contributed by atoms with van der Waals surface area (Å²) in [6.07, 6.45) is 1.67. The Morgan fingerprint density at radius 1 is 1.33 bits per heavy atom. The Morgan fingerprint density at radius 2 is 1.86 bits per heavy atom. The Hall–Kier alpha value is -1.72. The second-order valence-corrected chi connectivity index (χ2v) is 4.36. The Kier molecular flexibility index (Phi) is 10.3. The molecule has 1 aromatic rings. The summed E-state index contributed by atoms with van der Waals surface area (Å²) in [7, 11) is 1.71. The van der Waals surface area contributed by atoms with E-state index in [1.807, 2.05) is 32.0 Å². The van der Waals surface area contributed by atoms with E-state index in [0.29, 0.717) is 6.54 Å². The number of guanidine groups is 1. The average Bonchev–Trinajstić information content (AvgIpc) is 2.34. The van der Waals surface area contributed by atoms with Gasteiger partial charge in [-0.3, -0.25) is 10.7 Å². The van der Waals surface area contributed by atoms with Gasteiger partial charge in [-0.15, -0.1) is 31.4 Å². The number of para-hydroxylation sites is 1. The average molecular weight is 333 g/mol. The van der Waals surface area contributed by atoms with E-state index in [1.54, 1.807) is 18.0 Å². The fourth-order valence-corrected chi connectivity index (χ4v) is 1.64. The van der Waals surface area contributed by atoms with Crippen molar-refractivity contribution in [1.29, 1.82) is 5.41 Å². The van der Waals surface area contributed by atoms with Crippen LogP contribution in [0.25, 0.3) is 0 Å². The summed E-state index contributed by atoms with van der Waals surface area (Å²) in [6.45, 7) is 7.95. The summed E-state index contributed by atoms with van der Waals surface area (Å²) >= 11 is 0. The van der Waals surface area contributed by atoms with Gasteiger partial charge >= 0.3 is 6.03 Å². The summed E-state index contributed by atoms with van der Waals surface area (Å²) in [6, 6.07) is 5.38. The molecule has 0 bridgehead atoms. The highest BCUT2D eigenvalue weighted by Gasteiger charge is 2.10. The van der Waals surface area contributed by atoms with Crippen LogP contribution < -0.4 is 10.6 Å². The van der Waals surface area contributed by atoms with Gasteiger partial charge < -0.3 is 10.2 Å². The van der Waals surface area contributed by atoms with Crippen LogP contribution >= 0.6 is 24.8 Å². The lowest BCUT2D eigenvalue weighted by atomic mass is 10.1. The summed E-state index contributed by atoms with van der Waals surface area (Å²) in [5, 5.41) is 12.9. The maximum Gasteiger partial charge on any atom is 0.326 e. The third kappa shape index (κ3) is 6.51. The van der Waals surface area contributed by atoms with Crippen molar-refractivity contribution in [3.05, 3.63) is 42.0 Å². The molecule has 118 valence electrons. The van der Waals surface area contributed by atoms with Crippen molar-refractivity contribution in [2.75, 3.05) is 18.9 Å². The number of carbonyl (C=O) groups is 1. The zero-order valence-electron chi connectivity index (χ0n) is 12.4. The van der Waals surface area contributed by atoms with Crippen LogP contribution in [0.15, 0.2) is 30.9 Å². The smallest absolute Gasteiger partial charge is 0.326 e. The molecule has 1 aromatic carbocycles. The molecular formula is C14H22Cl2N4O. The topological polar surface area (TPSA) is 68.2 Å². The zero-order valence-corrected chi connectivity index (χ0v) is 14.0. The van der Waals surface area contributed by atoms with Gasteiger partial charge in [-0.1, -0.05) is 24.3 Å². The van der Waals surface area contributed by atoms with Gasteiger partial charge in [0, 0.05) is 19.3 Å². The van der Waals surface area contributed by atoms with Gasteiger partial charge in [0.05, 0.1) is 0 Å². The minimum absolute atomic E-state index is 0. The Bertz CT molecular complexity index is 485. The molecule has 0 aliphatic rings. The quantitative estimate of drug-likeness (QED) is 0.451. The Labute approximate surface area is 138 Å². The van der Waals surface area contributed by atoms with Crippen molar-refractivity contribution >= 4 is 42.5 Å². The number of halogens is 2. The molecule has 0 aliphatic carbocycles. The third-order valence-electron chi connectivity index (χ3n) is 2.74. The van der Waals surface area contributed by atoms with Crippen LogP contribution in [0.2, 0.25) is 0 Å². The summed E-state index contributed by atoms with van der Waals surface area (Å²) in [5.74, 6) is 0.0311. The standard InChI is InChI=1S/C14H20N4O.2ClH/c1-5-9-18(4)13(15)17-14(19)16-12-10(2)7-6-8-11(12)3;;/h5-8H,1,9H2,2-4H3,(H3,15,16,17,19);2*1H. The Balaban J connectivity index is 0. The van der Waals surface area contributed by atoms with Crippen LogP contribution in [0.5, 0.6) is 0 Å². The van der Waals surface area contributed by atoms with E-state index in [0.717, 1.165) is 16.8 Å². The molecule has 21 heavy (non-hydrogen) atoms. The molecule has 0 fully saturated rings. The first-order valence-corrected chi connectivity index (χ1v) is 6.00. The van der Waals surface area contributed by atoms with Crippen molar-refractivity contribution in [1.82, 2.24) is 10.2 Å². The number of hydrogen-bond acceptors (Lipinski definition) is 2. The monoisotopic (exact) mass is 332 g/mol. The van der Waals surface area contributed by atoms with Crippen molar-refractivity contribution < 1.29 is 4.79 Å². The van der Waals surface area contributed by atoms with E-state index in [9.17, 15) is 4.79 Å². The van der Waals surface area contributed by atoms with Crippen LogP contribution in [0.4, 0.5) is 10.5 Å². The molecule has 0 aromatic heterocycles. The molecule has 2 amide bonds. The number of amides is 2. The number of likely N-dealkylation sites (N-methyl/N-ethyl adjacent to an activating group) is 1. The molecule has 1 rings (SSSR count). The van der Waals surface area contributed by atoms with Gasteiger partial charge in [-0.05, 0) is 25.0 Å². The number of anilines is 1. The number of hydrogen-bond donors (Lipinski definition) is 3. The predicted octanol–water partition coefficient (Wildman–Crippen LogP) is 3.32. The lowest BCUT2D eigenvalue weighted by Gasteiger charge is -2.19. The molecule has 0 atom stereocenters. The summed E-state index contributed by atoms with van der Waals surface area (Å²) < 4.78 is 0. The summed E-state index contributed by atoms with van der Waals surface area (Å²) in [5.41, 5.74) is 2.75. The third-order valence-corrected chi connectivity index (χ3v) is 2.74. The molecule has 0 heterocycles. The fraction of sp³-hybridized carbons (Fsp3) is 0.286. The highest BCUT2D eigenvalue weighted by Crippen LogP contribution is 2.18. The van der Waals surface area contributed by atoms with Crippen molar-refractivity contribution in [3.8, 4) is 0 Å². The molecule has 0 radical (unpaired) electrons. The number of urea groups is 1. The molecule has 0 aliphatic heterocycles. The van der Waals surface area contributed by atoms with Crippen LogP contribution in [-0.2, 0) is 0 Å². The second-order valence-electron chi connectivity index (χ2n) is 4.36. The second kappa shape index (κ2) is 10.1. The van der Waals surface area contributed by atoms with Crippen LogP contribution in [0.1, 0.15) is 11.1 Å².